The predicted molar refractivity (Wildman–Crippen MR) is 137 cm³/mol. The van der Waals surface area contributed by atoms with E-state index in [1.54, 1.807) is 19.6 Å². The molecule has 1 aliphatic heterocycles. The number of anilines is 4. The summed E-state index contributed by atoms with van der Waals surface area (Å²) < 4.78 is 16.3. The average molecular weight is 491 g/mol. The highest BCUT2D eigenvalue weighted by atomic mass is 16.5. The molecule has 6 rings (SSSR count). The molecule has 0 bridgehead atoms. The average Bonchev–Trinajstić information content (AvgIpc) is 3.60. The first-order valence-corrected chi connectivity index (χ1v) is 12.5. The normalized spacial score (nSPS) is 16.9. The lowest BCUT2D eigenvalue weighted by Crippen LogP contribution is -2.36. The number of hydrogen-bond acceptors (Lipinski definition) is 10. The zero-order valence-corrected chi connectivity index (χ0v) is 20.3. The van der Waals surface area contributed by atoms with Crippen LogP contribution in [0.4, 0.5) is 23.1 Å². The van der Waals surface area contributed by atoms with Gasteiger partial charge in [0, 0.05) is 30.9 Å². The number of hydrogen-bond donors (Lipinski definition) is 3. The van der Waals surface area contributed by atoms with Crippen molar-refractivity contribution < 1.29 is 14.0 Å². The summed E-state index contributed by atoms with van der Waals surface area (Å²) in [5, 5.41) is 19.2. The summed E-state index contributed by atoms with van der Waals surface area (Å²) in [6.07, 6.45) is 9.17. The van der Waals surface area contributed by atoms with Gasteiger partial charge in [-0.1, -0.05) is 24.4 Å². The predicted octanol–water partition coefficient (Wildman–Crippen LogP) is 4.34. The Bertz CT molecular complexity index is 1310. The van der Waals surface area contributed by atoms with Crippen molar-refractivity contribution in [2.75, 3.05) is 48.9 Å². The maximum Gasteiger partial charge on any atom is 0.231 e. The Balaban J connectivity index is 1.34. The van der Waals surface area contributed by atoms with Gasteiger partial charge >= 0.3 is 0 Å². The SMILES string of the molecule is COc1cc(N2CCOCC2)ccc1Nc1nc(NC2CCCCC2)c2c(-c3cnoc3)n[nH]c2n1. The van der Waals surface area contributed by atoms with E-state index in [9.17, 15) is 0 Å². The van der Waals surface area contributed by atoms with E-state index >= 15 is 0 Å². The Kier molecular flexibility index (Phi) is 6.29. The molecule has 1 aliphatic carbocycles. The molecular weight excluding hydrogens is 460 g/mol. The van der Waals surface area contributed by atoms with Crippen LogP contribution in [-0.4, -0.2) is 64.8 Å². The molecular formula is C25H30N8O3. The summed E-state index contributed by atoms with van der Waals surface area (Å²) in [5.74, 6) is 1.92. The Hall–Kier alpha value is -3.86. The Labute approximate surface area is 208 Å². The molecule has 3 N–H and O–H groups in total. The summed E-state index contributed by atoms with van der Waals surface area (Å²) in [6.45, 7) is 3.18. The molecule has 2 aliphatic rings. The number of rotatable bonds is 7. The van der Waals surface area contributed by atoms with Crippen molar-refractivity contribution in [3.05, 3.63) is 30.7 Å². The molecule has 1 saturated heterocycles. The lowest BCUT2D eigenvalue weighted by atomic mass is 9.95. The molecule has 0 unspecified atom stereocenters. The molecule has 1 aromatic carbocycles. The van der Waals surface area contributed by atoms with Gasteiger partial charge in [-0.2, -0.15) is 15.1 Å². The van der Waals surface area contributed by atoms with Gasteiger partial charge in [-0.25, -0.2) is 0 Å². The molecule has 1 saturated carbocycles. The third-order valence-corrected chi connectivity index (χ3v) is 6.88. The maximum absolute atomic E-state index is 5.71. The number of H-pyrrole nitrogens is 1. The fraction of sp³-hybridized carbons (Fsp3) is 0.440. The highest BCUT2D eigenvalue weighted by molar-refractivity contribution is 5.99. The molecule has 4 aromatic rings. The molecule has 11 nitrogen and oxygen atoms in total. The molecule has 0 amide bonds. The van der Waals surface area contributed by atoms with Crippen LogP contribution in [0, 0.1) is 0 Å². The number of aromatic amines is 1. The molecule has 36 heavy (non-hydrogen) atoms. The molecule has 3 aromatic heterocycles. The minimum atomic E-state index is 0.359. The maximum atomic E-state index is 5.71. The summed E-state index contributed by atoms with van der Waals surface area (Å²) >= 11 is 0. The summed E-state index contributed by atoms with van der Waals surface area (Å²) in [7, 11) is 1.67. The Morgan fingerprint density at radius 2 is 1.97 bits per heavy atom. The number of benzene rings is 1. The van der Waals surface area contributed by atoms with Crippen molar-refractivity contribution in [2.45, 2.75) is 38.1 Å². The fourth-order valence-electron chi connectivity index (χ4n) is 4.98. The van der Waals surface area contributed by atoms with E-state index in [0.717, 1.165) is 73.0 Å². The molecule has 188 valence electrons. The van der Waals surface area contributed by atoms with Gasteiger partial charge in [-0.05, 0) is 25.0 Å². The van der Waals surface area contributed by atoms with Crippen molar-refractivity contribution in [3.63, 3.8) is 0 Å². The van der Waals surface area contributed by atoms with E-state index in [1.165, 1.54) is 19.3 Å². The van der Waals surface area contributed by atoms with Crippen molar-refractivity contribution in [1.29, 1.82) is 0 Å². The van der Waals surface area contributed by atoms with E-state index in [2.05, 4.69) is 37.0 Å². The van der Waals surface area contributed by atoms with Crippen LogP contribution >= 0.6 is 0 Å². The van der Waals surface area contributed by atoms with Gasteiger partial charge in [0.25, 0.3) is 0 Å². The monoisotopic (exact) mass is 490 g/mol. The van der Waals surface area contributed by atoms with Crippen LogP contribution in [0.5, 0.6) is 5.75 Å². The Morgan fingerprint density at radius 1 is 1.11 bits per heavy atom. The van der Waals surface area contributed by atoms with Crippen LogP contribution in [0.25, 0.3) is 22.3 Å². The minimum absolute atomic E-state index is 0.359. The van der Waals surface area contributed by atoms with Crippen molar-refractivity contribution in [3.8, 4) is 17.0 Å². The number of morpholine rings is 1. The third-order valence-electron chi connectivity index (χ3n) is 6.88. The van der Waals surface area contributed by atoms with E-state index in [0.29, 0.717) is 23.3 Å². The second-order valence-corrected chi connectivity index (χ2v) is 9.19. The summed E-state index contributed by atoms with van der Waals surface area (Å²) in [6, 6.07) is 6.47. The van der Waals surface area contributed by atoms with Crippen molar-refractivity contribution in [2.24, 2.45) is 0 Å². The Morgan fingerprint density at radius 3 is 2.75 bits per heavy atom. The third kappa shape index (κ3) is 4.53. The first-order chi connectivity index (χ1) is 17.8. The van der Waals surface area contributed by atoms with E-state index in [4.69, 9.17) is 24.0 Å². The minimum Gasteiger partial charge on any atom is -0.494 e. The van der Waals surface area contributed by atoms with Crippen LogP contribution in [-0.2, 0) is 4.74 Å². The standard InChI is InChI=1S/C25H30N8O3/c1-34-20-13-18(33-9-11-35-12-10-33)7-8-19(20)28-25-29-23(27-17-5-3-2-4-6-17)21-22(16-14-26-36-15-16)31-32-24(21)30-25/h7-8,13-15,17H,2-6,9-12H2,1H3,(H3,27,28,29,30,31,32). The van der Waals surface area contributed by atoms with Crippen LogP contribution in [0.15, 0.2) is 35.2 Å². The van der Waals surface area contributed by atoms with E-state index in [1.807, 2.05) is 12.1 Å². The van der Waals surface area contributed by atoms with Gasteiger partial charge in [0.15, 0.2) is 5.65 Å². The van der Waals surface area contributed by atoms with Crippen molar-refractivity contribution in [1.82, 2.24) is 25.3 Å². The van der Waals surface area contributed by atoms with Crippen LogP contribution in [0.1, 0.15) is 32.1 Å². The van der Waals surface area contributed by atoms with E-state index < -0.39 is 0 Å². The summed E-state index contributed by atoms with van der Waals surface area (Å²) in [5.41, 5.74) is 4.01. The largest absolute Gasteiger partial charge is 0.494 e. The first-order valence-electron chi connectivity index (χ1n) is 12.5. The van der Waals surface area contributed by atoms with Crippen LogP contribution < -0.4 is 20.3 Å². The van der Waals surface area contributed by atoms with Crippen LogP contribution in [0.3, 0.4) is 0 Å². The first kappa shape index (κ1) is 22.6. The fourth-order valence-corrected chi connectivity index (χ4v) is 4.98. The van der Waals surface area contributed by atoms with Crippen molar-refractivity contribution >= 4 is 34.2 Å². The van der Waals surface area contributed by atoms with Gasteiger partial charge in [-0.15, -0.1) is 0 Å². The number of methoxy groups -OCH3 is 1. The van der Waals surface area contributed by atoms with Gasteiger partial charge in [0.2, 0.25) is 5.95 Å². The van der Waals surface area contributed by atoms with Gasteiger partial charge in [0.05, 0.1) is 43.2 Å². The second-order valence-electron chi connectivity index (χ2n) is 9.19. The molecule has 11 heteroatoms. The smallest absolute Gasteiger partial charge is 0.231 e. The molecule has 4 heterocycles. The molecule has 0 radical (unpaired) electrons. The molecule has 0 atom stereocenters. The quantitative estimate of drug-likeness (QED) is 0.344. The lowest BCUT2D eigenvalue weighted by Gasteiger charge is -2.29. The summed E-state index contributed by atoms with van der Waals surface area (Å²) in [4.78, 5) is 11.9. The number of aromatic nitrogens is 5. The highest BCUT2D eigenvalue weighted by Crippen LogP contribution is 2.35. The molecule has 0 spiro atoms. The number of nitrogens with one attached hydrogen (secondary N) is 3. The molecule has 2 fully saturated rings. The topological polar surface area (TPSA) is 126 Å². The number of nitrogens with zero attached hydrogens (tertiary/aromatic N) is 5. The van der Waals surface area contributed by atoms with E-state index in [-0.39, 0.29) is 0 Å². The van der Waals surface area contributed by atoms with Crippen LogP contribution in [0.2, 0.25) is 0 Å². The number of fused-ring (bicyclic) bond motifs is 1. The zero-order chi connectivity index (χ0) is 24.3. The second kappa shape index (κ2) is 10.0. The highest BCUT2D eigenvalue weighted by Gasteiger charge is 2.22. The number of ether oxygens (including phenoxy) is 2. The zero-order valence-electron chi connectivity index (χ0n) is 20.3. The van der Waals surface area contributed by atoms with Gasteiger partial charge < -0.3 is 29.5 Å². The van der Waals surface area contributed by atoms with Gasteiger partial charge in [0.1, 0.15) is 23.5 Å². The lowest BCUT2D eigenvalue weighted by molar-refractivity contribution is 0.122. The van der Waals surface area contributed by atoms with Gasteiger partial charge in [-0.3, -0.25) is 5.10 Å².